The van der Waals surface area contributed by atoms with E-state index in [1.807, 2.05) is 755 Å². The molecule has 0 aromatic carbocycles. The number of hydrogen-bond acceptors (Lipinski definition) is 2. The molecule has 101 heteroatoms. The summed E-state index contributed by atoms with van der Waals surface area (Å²) in [7, 11) is 179. The van der Waals surface area contributed by atoms with E-state index < -0.39 is 0 Å². The van der Waals surface area contributed by atoms with E-state index in [2.05, 4.69) is 0 Å². The lowest BCUT2D eigenvalue weighted by molar-refractivity contribution is 5.95. The van der Waals surface area contributed by atoms with Gasteiger partial charge in [0.1, 0.15) is 0 Å². The Morgan fingerprint density at radius 3 is 0.109 bits per heavy atom. The Morgan fingerprint density at radius 1 is 0.0495 bits per heavy atom. The highest BCUT2D eigenvalue weighted by atomic mass is 33.6. The Balaban J connectivity index is 6.18. The fourth-order valence-corrected chi connectivity index (χ4v) is 267. The van der Waals surface area contributed by atoms with Crippen LogP contribution in [0, 0.1) is 0 Å². The van der Waals surface area contributed by atoms with Crippen LogP contribution in [0.2, 0.25) is 0 Å². The van der Waals surface area contributed by atoms with Crippen molar-refractivity contribution < 1.29 is 0 Å². The van der Waals surface area contributed by atoms with Crippen molar-refractivity contribution >= 4 is 902 Å². The molecule has 0 amide bonds. The molecule has 606 valence electrons. The van der Waals surface area contributed by atoms with E-state index in [0.29, 0.717) is 0 Å². The van der Waals surface area contributed by atoms with Gasteiger partial charge in [0.25, 0.3) is 0 Å². The Morgan fingerprint density at radius 2 is 0.0792 bits per heavy atom. The Hall–Kier alpha value is 22.2. The first kappa shape index (κ1) is 123. The third-order valence-corrected chi connectivity index (χ3v) is 220. The zero-order valence-electron chi connectivity index (χ0n) is 41.2. The molecule has 0 heterocycles. The summed E-state index contributed by atoms with van der Waals surface area (Å²) in [4.78, 5) is 0. The van der Waals surface area contributed by atoms with Crippen LogP contribution in [0.15, 0.2) is 0 Å². The summed E-state index contributed by atoms with van der Waals surface area (Å²) in [5.41, 5.74) is 0. The average molecular weight is 3240 g/mol. The largest absolute Gasteiger partial charge is 0 e. The van der Waals surface area contributed by atoms with Crippen molar-refractivity contribution in [2.45, 2.75) is 0 Å². The Labute approximate surface area is 872 Å². The molecule has 0 unspecified atom stereocenters. The summed E-state index contributed by atoms with van der Waals surface area (Å²) in [6, 6.07) is 0. The van der Waals surface area contributed by atoms with Gasteiger partial charge < -0.3 is 0 Å². The van der Waals surface area contributed by atoms with E-state index in [4.69, 9.17) is 22.4 Å². The van der Waals surface area contributed by atoms with Crippen LogP contribution >= 0.6 is 0 Å². The van der Waals surface area contributed by atoms with Gasteiger partial charge >= 0.3 is 0 Å². The molecule has 0 fully saturated rings. The first-order valence-corrected chi connectivity index (χ1v) is 150. The standard InChI is InChI=1S/S101/c1-3-5-7-9-11-13-15-17-19-21-23-25-27-29-31-33-35-37-39-41-43-45-47-49-51-53-55-57-59-61-63-65-67-69-71-73-75-77-79-81-83-85-87-89-91-93-95-97-99-101-100-98-96-94-92-90-88-86-84-82-80-78-76-74-72-70-68-66-64-62-60-58-56-54-52-50-48-46-44-42-40-38-36-34-32-30-28-26-24-22-20-18-16-14-12-10-8-6-4-2. The third-order valence-electron chi connectivity index (χ3n) is 2.72. The van der Waals surface area contributed by atoms with E-state index in [0.717, 1.165) is 0 Å². The fraction of sp³-hybridized carbons (Fsp3) is 0. The molecule has 0 rings (SSSR count). The topological polar surface area (TPSA) is 0 Å². The van der Waals surface area contributed by atoms with Gasteiger partial charge in [0.2, 0.25) is 0 Å². The maximum Gasteiger partial charge on any atom is 0 e. The van der Waals surface area contributed by atoms with Crippen LogP contribution in [0.5, 0.6) is 0 Å². The summed E-state index contributed by atoms with van der Waals surface area (Å²) >= 11 is 9.66. The lowest BCUT2D eigenvalue weighted by Crippen LogP contribution is -1.41. The molecule has 0 spiro atoms. The van der Waals surface area contributed by atoms with Crippen molar-refractivity contribution in [2.75, 3.05) is 0 Å². The highest BCUT2D eigenvalue weighted by molar-refractivity contribution is 8.87. The monoisotopic (exact) mass is 3230 g/mol. The van der Waals surface area contributed by atoms with Crippen molar-refractivity contribution in [3.8, 4) is 0 Å². The van der Waals surface area contributed by atoms with Gasteiger partial charge in [0.05, 0.1) is 0 Å². The highest BCUT2D eigenvalue weighted by Gasteiger charge is 1.51. The first-order chi connectivity index (χ1) is 50.4. The predicted octanol–water partition coefficient (Wildman–Crippen LogP) is -0.242. The molecule has 0 aromatic heterocycles. The van der Waals surface area contributed by atoms with Gasteiger partial charge in [-0.25, -0.2) is 0 Å². The molecular formula is S101. The maximum absolute atomic E-state index is 4.83. The SMILES string of the molecule is S=S=S=S=S=S=S=S=S=S=S=S=S=S=S=S=S=S=S=S=S=S=S=S=S=S=S=S=S=S=S=S=S=S=S=S=S=S=S=S=S=S=S=S=S=S=S=S=S=S=S=S=S=S=S=S=S=S=S=S=S=S=S=S=S=S=S=S=S=S=S=S=S=S=S=S=S=S=S=S=S=S=S=S=S=S=S=S=S=S=S=S=S=S=S=S=S=S=S=S=S. The predicted molar refractivity (Wildman–Crippen MR) is 744 cm³/mol. The molecule has 0 aromatic rings. The summed E-state index contributed by atoms with van der Waals surface area (Å²) in [6.07, 6.45) is 0. The molecule has 0 atom stereocenters. The molecular weight excluding hydrogens is 3240 g/mol. The summed E-state index contributed by atoms with van der Waals surface area (Å²) in [5, 5.41) is 0. The first-order valence-electron chi connectivity index (χ1n) is 16.7. The van der Waals surface area contributed by atoms with E-state index in [1.165, 1.54) is 17.8 Å². The average Bonchev–Trinajstić information content (AvgIpc) is 3.68. The van der Waals surface area contributed by atoms with Gasteiger partial charge in [0.15, 0.2) is 0 Å². The zero-order chi connectivity index (χ0) is 72.0. The molecule has 0 aliphatic heterocycles. The van der Waals surface area contributed by atoms with Crippen molar-refractivity contribution in [2.24, 2.45) is 0 Å². The molecule has 0 nitrogen and oxygen atoms in total. The quantitative estimate of drug-likeness (QED) is 0.329. The summed E-state index contributed by atoms with van der Waals surface area (Å²) in [6.45, 7) is 0. The van der Waals surface area contributed by atoms with Gasteiger partial charge in [0, 0.05) is 902 Å². The second-order valence-corrected chi connectivity index (χ2v) is 182. The van der Waals surface area contributed by atoms with Crippen LogP contribution in [0.1, 0.15) is 0 Å². The van der Waals surface area contributed by atoms with Gasteiger partial charge in [-0.15, -0.1) is 0 Å². The van der Waals surface area contributed by atoms with Crippen LogP contribution in [0.3, 0.4) is 0 Å². The minimum Gasteiger partial charge on any atom is 0 e. The molecule has 0 N–H and O–H groups in total. The van der Waals surface area contributed by atoms with Gasteiger partial charge in [-0.05, 0) is 0 Å². The van der Waals surface area contributed by atoms with Crippen LogP contribution in [-0.2, 0) is 902 Å². The fourth-order valence-electron chi connectivity index (χ4n) is 1.10. The van der Waals surface area contributed by atoms with Crippen molar-refractivity contribution in [1.82, 2.24) is 0 Å². The molecule has 0 aliphatic rings. The number of hydrogen-bond donors (Lipinski definition) is 0. The molecule has 101 heavy (non-hydrogen) atoms. The minimum absolute atomic E-state index is 1.37. The van der Waals surface area contributed by atoms with Crippen molar-refractivity contribution in [3.63, 3.8) is 0 Å². The van der Waals surface area contributed by atoms with Crippen LogP contribution in [0.25, 0.3) is 0 Å². The van der Waals surface area contributed by atoms with Crippen molar-refractivity contribution in [1.29, 1.82) is 0 Å². The molecule has 0 radical (unpaired) electrons. The Bertz CT molecular complexity index is 7600. The summed E-state index contributed by atoms with van der Waals surface area (Å²) < 4.78 is 0. The normalized spacial score (nSPS) is 7.88. The molecule has 0 bridgehead atoms. The lowest BCUT2D eigenvalue weighted by Gasteiger charge is -1.41. The second kappa shape index (κ2) is 122. The number of rotatable bonds is 0. The zero-order valence-corrected chi connectivity index (χ0v) is 124. The third kappa shape index (κ3) is 122. The van der Waals surface area contributed by atoms with E-state index in [-0.39, 0.29) is 0 Å². The highest BCUT2D eigenvalue weighted by Crippen LogP contribution is 1.51. The van der Waals surface area contributed by atoms with Gasteiger partial charge in [-0.2, -0.15) is 0 Å². The van der Waals surface area contributed by atoms with E-state index in [1.54, 1.807) is 107 Å². The van der Waals surface area contributed by atoms with E-state index >= 15 is 0 Å². The van der Waals surface area contributed by atoms with Crippen molar-refractivity contribution in [3.05, 3.63) is 0 Å². The minimum atomic E-state index is 1.37. The van der Waals surface area contributed by atoms with Gasteiger partial charge in [-0.3, -0.25) is 0 Å². The molecule has 0 saturated heterocycles. The lowest BCUT2D eigenvalue weighted by atomic mass is 30.7. The molecule has 0 saturated carbocycles. The van der Waals surface area contributed by atoms with Crippen LogP contribution in [0.4, 0.5) is 0 Å². The Kier molecular flexibility index (Phi) is 149. The van der Waals surface area contributed by atoms with Gasteiger partial charge in [-0.1, -0.05) is 0 Å². The van der Waals surface area contributed by atoms with Crippen LogP contribution in [-0.4, -0.2) is 0 Å². The van der Waals surface area contributed by atoms with E-state index in [9.17, 15) is 0 Å². The summed E-state index contributed by atoms with van der Waals surface area (Å²) in [5.74, 6) is 0. The second-order valence-electron chi connectivity index (χ2n) is 6.74. The van der Waals surface area contributed by atoms with Crippen LogP contribution < -0.4 is 0 Å². The molecule has 0 aliphatic carbocycles. The smallest absolute Gasteiger partial charge is 0 e. The maximum atomic E-state index is 4.83.